The Labute approximate surface area is 105 Å². The number of ether oxygens (including phenoxy) is 1. The normalized spacial score (nSPS) is 10.8. The Balaban J connectivity index is 2.10. The average Bonchev–Trinajstić information content (AvgIpc) is 2.87. The number of aryl methyl sites for hydroxylation is 1. The highest BCUT2D eigenvalue weighted by Gasteiger charge is 2.04. The summed E-state index contributed by atoms with van der Waals surface area (Å²) >= 11 is 0. The summed E-state index contributed by atoms with van der Waals surface area (Å²) in [5.74, 6) is 0. The molecule has 18 heavy (non-hydrogen) atoms. The molecule has 90 valence electrons. The van der Waals surface area contributed by atoms with Crippen LogP contribution in [0.2, 0.25) is 0 Å². The smallest absolute Gasteiger partial charge is 0.293 e. The van der Waals surface area contributed by atoms with Crippen molar-refractivity contribution in [2.75, 3.05) is 7.11 Å². The van der Waals surface area contributed by atoms with Crippen molar-refractivity contribution in [2.24, 2.45) is 0 Å². The highest BCUT2D eigenvalue weighted by atomic mass is 16.5. The summed E-state index contributed by atoms with van der Waals surface area (Å²) in [7, 11) is 1.60. The molecular weight excluding hydrogens is 224 g/mol. The van der Waals surface area contributed by atoms with E-state index in [1.807, 2.05) is 0 Å². The first-order valence-corrected chi connectivity index (χ1v) is 5.86. The van der Waals surface area contributed by atoms with Crippen molar-refractivity contribution < 1.29 is 4.74 Å². The highest BCUT2D eigenvalue weighted by molar-refractivity contribution is 5.87. The topological polar surface area (TPSA) is 37.9 Å². The van der Waals surface area contributed by atoms with Gasteiger partial charge in [-0.15, -0.1) is 0 Å². The van der Waals surface area contributed by atoms with Gasteiger partial charge in [-0.1, -0.05) is 35.9 Å². The van der Waals surface area contributed by atoms with Gasteiger partial charge in [0.25, 0.3) is 6.01 Å². The number of imidazole rings is 1. The molecule has 0 radical (unpaired) electrons. The Morgan fingerprint density at radius 2 is 1.83 bits per heavy atom. The lowest BCUT2D eigenvalue weighted by Gasteiger charge is -2.02. The van der Waals surface area contributed by atoms with Crippen molar-refractivity contribution in [3.63, 3.8) is 0 Å². The van der Waals surface area contributed by atoms with E-state index in [1.54, 1.807) is 13.3 Å². The molecule has 3 rings (SSSR count). The first kappa shape index (κ1) is 10.8. The maximum absolute atomic E-state index is 5.05. The van der Waals surface area contributed by atoms with Gasteiger partial charge in [0.2, 0.25) is 0 Å². The molecule has 1 heterocycles. The van der Waals surface area contributed by atoms with E-state index in [-0.39, 0.29) is 0 Å². The van der Waals surface area contributed by atoms with Gasteiger partial charge in [-0.2, -0.15) is 0 Å². The third-order valence-corrected chi connectivity index (χ3v) is 3.05. The number of benzene rings is 2. The van der Waals surface area contributed by atoms with Gasteiger partial charge in [-0.05, 0) is 23.8 Å². The SMILES string of the molecule is COc1ncc(-c2ccc3cc(C)ccc3c2)[nH]1. The molecule has 1 N–H and O–H groups in total. The molecule has 3 heteroatoms. The number of H-pyrrole nitrogens is 1. The minimum absolute atomic E-state index is 0.536. The van der Waals surface area contributed by atoms with Gasteiger partial charge in [0, 0.05) is 5.56 Å². The summed E-state index contributed by atoms with van der Waals surface area (Å²) in [5.41, 5.74) is 3.36. The fourth-order valence-electron chi connectivity index (χ4n) is 2.09. The van der Waals surface area contributed by atoms with Gasteiger partial charge in [-0.25, -0.2) is 4.98 Å². The minimum atomic E-state index is 0.536. The summed E-state index contributed by atoms with van der Waals surface area (Å²) in [6.45, 7) is 2.10. The molecule has 0 atom stereocenters. The van der Waals surface area contributed by atoms with Crippen LogP contribution in [0.5, 0.6) is 6.01 Å². The Morgan fingerprint density at radius 3 is 2.61 bits per heavy atom. The van der Waals surface area contributed by atoms with E-state index in [0.717, 1.165) is 11.3 Å². The van der Waals surface area contributed by atoms with Crippen molar-refractivity contribution in [2.45, 2.75) is 6.92 Å². The van der Waals surface area contributed by atoms with E-state index in [0.29, 0.717) is 6.01 Å². The van der Waals surface area contributed by atoms with Crippen LogP contribution < -0.4 is 4.74 Å². The fraction of sp³-hybridized carbons (Fsp3) is 0.133. The van der Waals surface area contributed by atoms with E-state index in [4.69, 9.17) is 4.74 Å². The second kappa shape index (κ2) is 4.18. The third kappa shape index (κ3) is 1.84. The Morgan fingerprint density at radius 1 is 1.06 bits per heavy atom. The second-order valence-corrected chi connectivity index (χ2v) is 4.37. The number of hydrogen-bond acceptors (Lipinski definition) is 2. The number of nitrogens with one attached hydrogen (secondary N) is 1. The summed E-state index contributed by atoms with van der Waals surface area (Å²) in [6, 6.07) is 13.4. The Kier molecular flexibility index (Phi) is 2.52. The third-order valence-electron chi connectivity index (χ3n) is 3.05. The lowest BCUT2D eigenvalue weighted by Crippen LogP contribution is -1.84. The molecular formula is C15H14N2O. The van der Waals surface area contributed by atoms with Crippen LogP contribution in [0.1, 0.15) is 5.56 Å². The average molecular weight is 238 g/mol. The number of aromatic nitrogens is 2. The molecule has 0 bridgehead atoms. The quantitative estimate of drug-likeness (QED) is 0.741. The van der Waals surface area contributed by atoms with Crippen molar-refractivity contribution in [1.29, 1.82) is 0 Å². The Bertz CT molecular complexity index is 701. The van der Waals surface area contributed by atoms with Crippen molar-refractivity contribution in [3.8, 4) is 17.3 Å². The van der Waals surface area contributed by atoms with Gasteiger partial charge in [0.05, 0.1) is 19.0 Å². The first-order chi connectivity index (χ1) is 8.76. The molecule has 3 nitrogen and oxygen atoms in total. The lowest BCUT2D eigenvalue weighted by atomic mass is 10.0. The molecule has 0 aliphatic rings. The van der Waals surface area contributed by atoms with Crippen LogP contribution in [0, 0.1) is 6.92 Å². The fourth-order valence-corrected chi connectivity index (χ4v) is 2.09. The van der Waals surface area contributed by atoms with Gasteiger partial charge in [-0.3, -0.25) is 0 Å². The van der Waals surface area contributed by atoms with Crippen LogP contribution in [-0.2, 0) is 0 Å². The number of hydrogen-bond donors (Lipinski definition) is 1. The zero-order chi connectivity index (χ0) is 12.5. The number of aromatic amines is 1. The largest absolute Gasteiger partial charge is 0.468 e. The monoisotopic (exact) mass is 238 g/mol. The minimum Gasteiger partial charge on any atom is -0.468 e. The van der Waals surface area contributed by atoms with Crippen LogP contribution in [-0.4, -0.2) is 17.1 Å². The van der Waals surface area contributed by atoms with Gasteiger partial charge >= 0.3 is 0 Å². The number of nitrogens with zero attached hydrogens (tertiary/aromatic N) is 1. The van der Waals surface area contributed by atoms with E-state index >= 15 is 0 Å². The van der Waals surface area contributed by atoms with E-state index in [1.165, 1.54) is 16.3 Å². The highest BCUT2D eigenvalue weighted by Crippen LogP contribution is 2.24. The number of fused-ring (bicyclic) bond motifs is 1. The van der Waals surface area contributed by atoms with Gasteiger partial charge in [0.15, 0.2) is 0 Å². The van der Waals surface area contributed by atoms with Crippen molar-refractivity contribution in [1.82, 2.24) is 9.97 Å². The molecule has 0 aliphatic carbocycles. The predicted octanol–water partition coefficient (Wildman–Crippen LogP) is 3.55. The molecule has 0 amide bonds. The van der Waals surface area contributed by atoms with Crippen LogP contribution in [0.3, 0.4) is 0 Å². The zero-order valence-electron chi connectivity index (χ0n) is 10.4. The predicted molar refractivity (Wildman–Crippen MR) is 72.8 cm³/mol. The zero-order valence-corrected chi connectivity index (χ0v) is 10.4. The summed E-state index contributed by atoms with van der Waals surface area (Å²) in [4.78, 5) is 7.25. The van der Waals surface area contributed by atoms with Gasteiger partial charge in [0.1, 0.15) is 0 Å². The molecule has 1 aromatic heterocycles. The summed E-state index contributed by atoms with van der Waals surface area (Å²) in [6.07, 6.45) is 1.79. The maximum Gasteiger partial charge on any atom is 0.293 e. The van der Waals surface area contributed by atoms with Crippen LogP contribution in [0.15, 0.2) is 42.6 Å². The molecule has 2 aromatic carbocycles. The first-order valence-electron chi connectivity index (χ1n) is 5.86. The molecule has 0 saturated heterocycles. The molecule has 0 saturated carbocycles. The maximum atomic E-state index is 5.05. The van der Waals surface area contributed by atoms with E-state index < -0.39 is 0 Å². The standard InChI is InChI=1S/C15H14N2O/c1-10-3-4-12-8-13(6-5-11(12)7-10)14-9-16-15(17-14)18-2/h3-9H,1-2H3,(H,16,17). The van der Waals surface area contributed by atoms with Crippen LogP contribution in [0.25, 0.3) is 22.0 Å². The van der Waals surface area contributed by atoms with Gasteiger partial charge < -0.3 is 9.72 Å². The summed E-state index contributed by atoms with van der Waals surface area (Å²) < 4.78 is 5.05. The molecule has 0 spiro atoms. The van der Waals surface area contributed by atoms with Crippen LogP contribution in [0.4, 0.5) is 0 Å². The molecule has 0 unspecified atom stereocenters. The van der Waals surface area contributed by atoms with Crippen molar-refractivity contribution >= 4 is 10.8 Å². The lowest BCUT2D eigenvalue weighted by molar-refractivity contribution is 0.384. The molecule has 0 fully saturated rings. The molecule has 3 aromatic rings. The van der Waals surface area contributed by atoms with Crippen LogP contribution >= 0.6 is 0 Å². The van der Waals surface area contributed by atoms with Crippen molar-refractivity contribution in [3.05, 3.63) is 48.2 Å². The van der Waals surface area contributed by atoms with E-state index in [9.17, 15) is 0 Å². The number of rotatable bonds is 2. The van der Waals surface area contributed by atoms with E-state index in [2.05, 4.69) is 53.3 Å². The Hall–Kier alpha value is -2.29. The number of methoxy groups -OCH3 is 1. The summed E-state index contributed by atoms with van der Waals surface area (Å²) in [5, 5.41) is 2.48. The molecule has 0 aliphatic heterocycles. The second-order valence-electron chi connectivity index (χ2n) is 4.37.